The van der Waals surface area contributed by atoms with Crippen molar-refractivity contribution in [2.75, 3.05) is 31.2 Å². The summed E-state index contributed by atoms with van der Waals surface area (Å²) in [6.07, 6.45) is 1.19. The Kier molecular flexibility index (Phi) is 5.83. The standard InChI is InChI=1S/C25H25NO2/c27-25(18-21-9-5-2-6-10-21)24-12-11-23(26-13-15-28-16-14-26)19-22(24)17-20-7-3-1-4-8-20/h1-12,19H,13-18H2. The first-order valence-electron chi connectivity index (χ1n) is 9.86. The summed E-state index contributed by atoms with van der Waals surface area (Å²) in [5.74, 6) is 0.172. The fraction of sp³-hybridized carbons (Fsp3) is 0.240. The Balaban J connectivity index is 1.64. The highest BCUT2D eigenvalue weighted by molar-refractivity contribution is 5.99. The van der Waals surface area contributed by atoms with Gasteiger partial charge in [-0.1, -0.05) is 60.7 Å². The molecule has 0 N–H and O–H groups in total. The van der Waals surface area contributed by atoms with Crippen molar-refractivity contribution in [1.82, 2.24) is 0 Å². The predicted octanol–water partition coefficient (Wildman–Crippen LogP) is 4.54. The molecule has 0 spiro atoms. The molecule has 0 amide bonds. The Morgan fingerprint density at radius 3 is 2.14 bits per heavy atom. The Hall–Kier alpha value is -2.91. The number of carbonyl (C=O) groups excluding carboxylic acids is 1. The number of carbonyl (C=O) groups is 1. The molecule has 0 aromatic heterocycles. The van der Waals surface area contributed by atoms with Gasteiger partial charge in [-0.15, -0.1) is 0 Å². The zero-order valence-corrected chi connectivity index (χ0v) is 16.0. The molecule has 4 rings (SSSR count). The monoisotopic (exact) mass is 371 g/mol. The number of anilines is 1. The molecule has 0 bridgehead atoms. The van der Waals surface area contributed by atoms with Crippen LogP contribution in [0.2, 0.25) is 0 Å². The first-order chi connectivity index (χ1) is 13.8. The van der Waals surface area contributed by atoms with Crippen molar-refractivity contribution in [3.05, 3.63) is 101 Å². The van der Waals surface area contributed by atoms with Crippen LogP contribution in [-0.4, -0.2) is 32.1 Å². The molecule has 0 aliphatic carbocycles. The minimum absolute atomic E-state index is 0.172. The molecule has 1 aliphatic heterocycles. The SMILES string of the molecule is O=C(Cc1ccccc1)c1ccc(N2CCOCC2)cc1Cc1ccccc1. The summed E-state index contributed by atoms with van der Waals surface area (Å²) in [4.78, 5) is 15.4. The third kappa shape index (κ3) is 4.49. The number of rotatable bonds is 6. The van der Waals surface area contributed by atoms with Crippen LogP contribution in [-0.2, 0) is 17.6 Å². The smallest absolute Gasteiger partial charge is 0.167 e. The van der Waals surface area contributed by atoms with Crippen LogP contribution in [0.1, 0.15) is 27.0 Å². The molecule has 3 aromatic carbocycles. The molecule has 0 radical (unpaired) electrons. The maximum Gasteiger partial charge on any atom is 0.167 e. The predicted molar refractivity (Wildman–Crippen MR) is 113 cm³/mol. The maximum atomic E-state index is 13.1. The summed E-state index contributed by atoms with van der Waals surface area (Å²) >= 11 is 0. The lowest BCUT2D eigenvalue weighted by Crippen LogP contribution is -2.36. The van der Waals surface area contributed by atoms with Crippen molar-refractivity contribution in [2.24, 2.45) is 0 Å². The van der Waals surface area contributed by atoms with Crippen LogP contribution in [0.4, 0.5) is 5.69 Å². The van der Waals surface area contributed by atoms with E-state index < -0.39 is 0 Å². The molecule has 3 heteroatoms. The van der Waals surface area contributed by atoms with Gasteiger partial charge in [0.05, 0.1) is 13.2 Å². The lowest BCUT2D eigenvalue weighted by Gasteiger charge is -2.29. The molecule has 1 heterocycles. The Morgan fingerprint density at radius 1 is 0.821 bits per heavy atom. The third-order valence-electron chi connectivity index (χ3n) is 5.21. The molecule has 28 heavy (non-hydrogen) atoms. The number of nitrogens with zero attached hydrogens (tertiary/aromatic N) is 1. The summed E-state index contributed by atoms with van der Waals surface area (Å²) in [6.45, 7) is 3.29. The summed E-state index contributed by atoms with van der Waals surface area (Å²) in [6, 6.07) is 26.6. The number of hydrogen-bond acceptors (Lipinski definition) is 3. The van der Waals surface area contributed by atoms with E-state index in [1.165, 1.54) is 11.3 Å². The Morgan fingerprint density at radius 2 is 1.46 bits per heavy atom. The van der Waals surface area contributed by atoms with Gasteiger partial charge in [0.25, 0.3) is 0 Å². The van der Waals surface area contributed by atoms with Crippen molar-refractivity contribution in [1.29, 1.82) is 0 Å². The van der Waals surface area contributed by atoms with Crippen molar-refractivity contribution >= 4 is 11.5 Å². The highest BCUT2D eigenvalue weighted by atomic mass is 16.5. The normalized spacial score (nSPS) is 14.1. The molecule has 3 aromatic rings. The average molecular weight is 371 g/mol. The van der Waals surface area contributed by atoms with Crippen LogP contribution in [0, 0.1) is 0 Å². The molecule has 1 aliphatic rings. The zero-order chi connectivity index (χ0) is 19.2. The molecule has 0 atom stereocenters. The molecule has 1 fully saturated rings. The Labute approximate surface area is 166 Å². The number of ether oxygens (including phenoxy) is 1. The number of Topliss-reactive ketones (excluding diaryl/α,β-unsaturated/α-hetero) is 1. The van der Waals surface area contributed by atoms with Gasteiger partial charge in [-0.05, 0) is 41.3 Å². The van der Waals surface area contributed by atoms with E-state index in [4.69, 9.17) is 4.74 Å². The number of ketones is 1. The van der Waals surface area contributed by atoms with Gasteiger partial charge in [0.1, 0.15) is 0 Å². The van der Waals surface area contributed by atoms with Crippen molar-refractivity contribution in [3.63, 3.8) is 0 Å². The van der Waals surface area contributed by atoms with Crippen LogP contribution in [0.3, 0.4) is 0 Å². The van der Waals surface area contributed by atoms with Gasteiger partial charge in [-0.2, -0.15) is 0 Å². The van der Waals surface area contributed by atoms with E-state index in [2.05, 4.69) is 29.2 Å². The first kappa shape index (κ1) is 18.5. The number of benzene rings is 3. The quantitative estimate of drug-likeness (QED) is 0.596. The molecule has 0 saturated carbocycles. The van der Waals surface area contributed by atoms with Crippen molar-refractivity contribution in [3.8, 4) is 0 Å². The van der Waals surface area contributed by atoms with Gasteiger partial charge in [-0.3, -0.25) is 4.79 Å². The Bertz CT molecular complexity index is 916. The van der Waals surface area contributed by atoms with Crippen molar-refractivity contribution in [2.45, 2.75) is 12.8 Å². The molecule has 0 unspecified atom stereocenters. The summed E-state index contributed by atoms with van der Waals surface area (Å²) in [7, 11) is 0. The number of hydrogen-bond donors (Lipinski definition) is 0. The molecule has 1 saturated heterocycles. The summed E-state index contributed by atoms with van der Waals surface area (Å²) in [5, 5.41) is 0. The van der Waals surface area contributed by atoms with E-state index in [0.29, 0.717) is 6.42 Å². The van der Waals surface area contributed by atoms with Crippen LogP contribution in [0.25, 0.3) is 0 Å². The maximum absolute atomic E-state index is 13.1. The first-order valence-corrected chi connectivity index (χ1v) is 9.86. The van der Waals surface area contributed by atoms with E-state index in [1.807, 2.05) is 54.6 Å². The minimum Gasteiger partial charge on any atom is -0.378 e. The average Bonchev–Trinajstić information content (AvgIpc) is 2.76. The van der Waals surface area contributed by atoms with Gasteiger partial charge in [-0.25, -0.2) is 0 Å². The minimum atomic E-state index is 0.172. The zero-order valence-electron chi connectivity index (χ0n) is 16.0. The van der Waals surface area contributed by atoms with Gasteiger partial charge in [0.2, 0.25) is 0 Å². The highest BCUT2D eigenvalue weighted by Gasteiger charge is 2.17. The molecular weight excluding hydrogens is 346 g/mol. The second-order valence-corrected chi connectivity index (χ2v) is 7.19. The van der Waals surface area contributed by atoms with E-state index >= 15 is 0 Å². The largest absolute Gasteiger partial charge is 0.378 e. The fourth-order valence-electron chi connectivity index (χ4n) is 3.71. The van der Waals surface area contributed by atoms with Gasteiger partial charge in [0.15, 0.2) is 5.78 Å². The van der Waals surface area contributed by atoms with Gasteiger partial charge in [0, 0.05) is 30.8 Å². The fourth-order valence-corrected chi connectivity index (χ4v) is 3.71. The van der Waals surface area contributed by atoms with Crippen LogP contribution >= 0.6 is 0 Å². The van der Waals surface area contributed by atoms with E-state index in [0.717, 1.165) is 49.4 Å². The molecular formula is C25H25NO2. The second kappa shape index (κ2) is 8.85. The van der Waals surface area contributed by atoms with Crippen LogP contribution in [0.15, 0.2) is 78.9 Å². The van der Waals surface area contributed by atoms with Gasteiger partial charge < -0.3 is 9.64 Å². The van der Waals surface area contributed by atoms with Gasteiger partial charge >= 0.3 is 0 Å². The summed E-state index contributed by atoms with van der Waals surface area (Å²) in [5.41, 5.74) is 5.36. The molecule has 142 valence electrons. The summed E-state index contributed by atoms with van der Waals surface area (Å²) < 4.78 is 5.48. The third-order valence-corrected chi connectivity index (χ3v) is 5.21. The van der Waals surface area contributed by atoms with Crippen LogP contribution < -0.4 is 4.90 Å². The second-order valence-electron chi connectivity index (χ2n) is 7.19. The lowest BCUT2D eigenvalue weighted by atomic mass is 9.93. The van der Waals surface area contributed by atoms with E-state index in [1.54, 1.807) is 0 Å². The highest BCUT2D eigenvalue weighted by Crippen LogP contribution is 2.24. The lowest BCUT2D eigenvalue weighted by molar-refractivity contribution is 0.0992. The van der Waals surface area contributed by atoms with Crippen LogP contribution in [0.5, 0.6) is 0 Å². The topological polar surface area (TPSA) is 29.5 Å². The van der Waals surface area contributed by atoms with Crippen molar-refractivity contribution < 1.29 is 9.53 Å². The van der Waals surface area contributed by atoms with E-state index in [-0.39, 0.29) is 5.78 Å². The number of morpholine rings is 1. The molecule has 3 nitrogen and oxygen atoms in total. The van der Waals surface area contributed by atoms with E-state index in [9.17, 15) is 4.79 Å².